The van der Waals surface area contributed by atoms with Crippen LogP contribution in [0.1, 0.15) is 291 Å². The lowest BCUT2D eigenvalue weighted by Gasteiger charge is -2.26. The molecule has 0 radical (unpaired) electrons. The Morgan fingerprint density at radius 1 is 0.371 bits per heavy atom. The fourth-order valence-corrected chi connectivity index (χ4v) is 14.9. The maximum absolute atomic E-state index is 14.1. The average molecular weight is 1980 g/mol. The highest BCUT2D eigenvalue weighted by molar-refractivity contribution is 5.95. The molecule has 140 heavy (non-hydrogen) atoms. The second kappa shape index (κ2) is 79.5. The number of amides is 4. The van der Waals surface area contributed by atoms with Crippen LogP contribution < -0.4 is 41.8 Å². The van der Waals surface area contributed by atoms with E-state index >= 15 is 0 Å². The summed E-state index contributed by atoms with van der Waals surface area (Å²) in [6, 6.07) is 11.0. The van der Waals surface area contributed by atoms with Crippen molar-refractivity contribution in [1.29, 1.82) is 0 Å². The number of carboxylic acid groups (broad SMARTS) is 4. The van der Waals surface area contributed by atoms with Crippen molar-refractivity contribution in [2.24, 2.45) is 28.9 Å². The second-order valence-electron chi connectivity index (χ2n) is 35.9. The minimum absolute atomic E-state index is 0.0346. The van der Waals surface area contributed by atoms with Gasteiger partial charge in [0.2, 0.25) is 23.6 Å². The minimum Gasteiger partial charge on any atom is -0.494 e. The van der Waals surface area contributed by atoms with Crippen LogP contribution >= 0.6 is 0 Å². The minimum atomic E-state index is -1.14. The maximum atomic E-state index is 14.1. The topological polar surface area (TPSA) is 561 Å². The Balaban J connectivity index is 1.18. The maximum Gasteiger partial charge on any atom is 0.335 e. The molecule has 38 nitrogen and oxygen atoms in total. The van der Waals surface area contributed by atoms with Crippen LogP contribution in [0.2, 0.25) is 0 Å². The number of aromatic amines is 1. The first-order valence-corrected chi connectivity index (χ1v) is 50.1. The molecule has 3 aromatic rings. The molecule has 2 aromatic carbocycles. The first-order valence-electron chi connectivity index (χ1n) is 50.1. The molecule has 788 valence electrons. The number of imidazole rings is 1. The molecule has 0 spiro atoms. The van der Waals surface area contributed by atoms with Crippen LogP contribution in [0.15, 0.2) is 61.1 Å². The molecule has 5 atom stereocenters. The molecule has 0 bridgehead atoms. The van der Waals surface area contributed by atoms with Gasteiger partial charge in [0.25, 0.3) is 0 Å². The number of ketones is 8. The smallest absolute Gasteiger partial charge is 0.335 e. The van der Waals surface area contributed by atoms with Gasteiger partial charge in [0.05, 0.1) is 127 Å². The van der Waals surface area contributed by atoms with E-state index in [0.717, 1.165) is 103 Å². The van der Waals surface area contributed by atoms with Gasteiger partial charge in [-0.2, -0.15) is 0 Å². The number of nitrogens with zero attached hydrogens (tertiary/aromatic N) is 1. The number of H-pyrrole nitrogens is 1. The van der Waals surface area contributed by atoms with E-state index in [1.165, 1.54) is 37.5 Å². The van der Waals surface area contributed by atoms with Gasteiger partial charge in [-0.1, -0.05) is 110 Å². The largest absolute Gasteiger partial charge is 0.494 e. The third-order valence-corrected chi connectivity index (χ3v) is 23.4. The summed E-state index contributed by atoms with van der Waals surface area (Å²) < 4.78 is 55.1. The molecule has 0 aliphatic rings. The van der Waals surface area contributed by atoms with E-state index in [-0.39, 0.29) is 297 Å². The highest BCUT2D eigenvalue weighted by Gasteiger charge is 2.34. The third-order valence-electron chi connectivity index (χ3n) is 23.4. The zero-order valence-corrected chi connectivity index (χ0v) is 82.9. The molecule has 0 aliphatic heterocycles. The van der Waals surface area contributed by atoms with Gasteiger partial charge in [0, 0.05) is 133 Å². The number of aromatic carboxylic acids is 2. The molecule has 0 saturated heterocycles. The number of carboxylic acids is 4. The van der Waals surface area contributed by atoms with Crippen LogP contribution in [-0.4, -0.2) is 288 Å². The number of ether oxygens (including phenoxy) is 10. The number of aromatic nitrogens is 2. The van der Waals surface area contributed by atoms with Gasteiger partial charge >= 0.3 is 23.9 Å². The normalized spacial score (nSPS) is 12.5. The molecule has 4 amide bonds. The summed E-state index contributed by atoms with van der Waals surface area (Å²) >= 11 is 0. The van der Waals surface area contributed by atoms with E-state index in [2.05, 4.69) is 36.6 Å². The van der Waals surface area contributed by atoms with Crippen LogP contribution in [-0.2, 0) is 111 Å². The predicted molar refractivity (Wildman–Crippen MR) is 519 cm³/mol. The van der Waals surface area contributed by atoms with Crippen molar-refractivity contribution in [3.63, 3.8) is 0 Å². The lowest BCUT2D eigenvalue weighted by Crippen LogP contribution is -2.45. The van der Waals surface area contributed by atoms with Crippen LogP contribution in [0, 0.1) is 23.2 Å². The van der Waals surface area contributed by atoms with Gasteiger partial charge in [0.15, 0.2) is 17.3 Å². The van der Waals surface area contributed by atoms with E-state index in [4.69, 9.17) is 63.3 Å². The molecule has 0 fully saturated rings. The number of hydrogen-bond donors (Lipinski definition) is 11. The number of carbonyl (C=O) groups excluding carboxylic acids is 12. The van der Waals surface area contributed by atoms with E-state index in [9.17, 15) is 86.9 Å². The monoisotopic (exact) mass is 1980 g/mol. The van der Waals surface area contributed by atoms with Crippen molar-refractivity contribution < 1.29 is 145 Å². The number of aliphatic carboxylic acids is 2. The Morgan fingerprint density at radius 3 is 1.20 bits per heavy atom. The molecule has 3 rings (SSSR count). The first-order chi connectivity index (χ1) is 67.4. The zero-order chi connectivity index (χ0) is 102. The van der Waals surface area contributed by atoms with Gasteiger partial charge in [-0.05, 0) is 139 Å². The van der Waals surface area contributed by atoms with E-state index in [1.807, 2.05) is 0 Å². The molecular weight excluding hydrogens is 1820 g/mol. The number of rotatable bonds is 97. The molecule has 38 heteroatoms. The zero-order valence-electron chi connectivity index (χ0n) is 82.9. The first kappa shape index (κ1) is 124. The number of carbonyl (C=O) groups is 16. The highest BCUT2D eigenvalue weighted by atomic mass is 16.5. The lowest BCUT2D eigenvalue weighted by molar-refractivity contribution is -0.144. The number of Topliss-reactive ketones (excluding diaryl/α,β-unsaturated/α-hetero) is 8. The van der Waals surface area contributed by atoms with E-state index in [0.29, 0.717) is 101 Å². The average Bonchev–Trinajstić information content (AvgIpc) is 1.09. The molecule has 0 aliphatic carbocycles. The number of nitrogens with one attached hydrogen (secondary N) is 6. The van der Waals surface area contributed by atoms with Crippen molar-refractivity contribution in [3.05, 3.63) is 77.9 Å². The number of unbranched alkanes of at least 4 members (excludes halogenated alkanes) is 18. The fourth-order valence-electron chi connectivity index (χ4n) is 14.9. The van der Waals surface area contributed by atoms with Crippen LogP contribution in [0.25, 0.3) is 0 Å². The molecule has 0 unspecified atom stereocenters. The van der Waals surface area contributed by atoms with Gasteiger partial charge in [-0.25, -0.2) is 14.6 Å². The summed E-state index contributed by atoms with van der Waals surface area (Å²) in [5, 5.41) is 51.5. The van der Waals surface area contributed by atoms with E-state index in [1.54, 1.807) is 44.3 Å². The van der Waals surface area contributed by atoms with E-state index < -0.39 is 59.1 Å². The second-order valence-corrected chi connectivity index (χ2v) is 35.9. The summed E-state index contributed by atoms with van der Waals surface area (Å²) in [6.45, 7) is 7.77. The van der Waals surface area contributed by atoms with Crippen molar-refractivity contribution >= 4 is 93.8 Å². The van der Waals surface area contributed by atoms with Crippen LogP contribution in [0.3, 0.4) is 0 Å². The highest BCUT2D eigenvalue weighted by Crippen LogP contribution is 2.26. The van der Waals surface area contributed by atoms with Crippen LogP contribution in [0.5, 0.6) is 11.5 Å². The Kier molecular flexibility index (Phi) is 70.5. The molecule has 1 heterocycles. The number of benzene rings is 2. The molecular formula is C102H160N8O30. The lowest BCUT2D eigenvalue weighted by atomic mass is 9.81. The van der Waals surface area contributed by atoms with Crippen LogP contribution in [0.4, 0.5) is 0 Å². The fraction of sp³-hybridized carbons (Fsp3) is 0.696. The summed E-state index contributed by atoms with van der Waals surface area (Å²) in [4.78, 5) is 207. The summed E-state index contributed by atoms with van der Waals surface area (Å²) in [6.07, 6.45) is 25.1. The summed E-state index contributed by atoms with van der Waals surface area (Å²) in [5.41, 5.74) is 6.18. The summed E-state index contributed by atoms with van der Waals surface area (Å²) in [7, 11) is 0. The van der Waals surface area contributed by atoms with Gasteiger partial charge in [-0.3, -0.25) is 67.1 Å². The van der Waals surface area contributed by atoms with Gasteiger partial charge in [-0.15, -0.1) is 0 Å². The van der Waals surface area contributed by atoms with Gasteiger partial charge in [0.1, 0.15) is 66.8 Å². The third kappa shape index (κ3) is 65.9. The van der Waals surface area contributed by atoms with Crippen molar-refractivity contribution in [3.8, 4) is 11.5 Å². The van der Waals surface area contributed by atoms with Gasteiger partial charge < -0.3 is 105 Å². The molecule has 1 aromatic heterocycles. The predicted octanol–water partition coefficient (Wildman–Crippen LogP) is 10.8. The Labute approximate surface area is 824 Å². The number of nitrogens with two attached hydrogens (primary N) is 1. The molecule has 12 N–H and O–H groups in total. The number of hydrogen-bond acceptors (Lipinski definition) is 29. The SMILES string of the molecule is CC(=O)[C@H](CCCCNC(=O)COCCOCCNC(=O)COCCOCCCC(=O)CC[C@H](CC(=O)CCCCCCCCCCCOc1ccc(C(=O)O)cc1)C(=O)O)CC(=O)[C@H](CCCCNC(=O)COCCOCCCC(=O)COCCOCCNC(=O)CC[C@H](CC(=O)CCCCCCCCCCCOc1ccc(C(=O)O)cc1)C(=O)O)NCC(=O)C(C)(C)CC(=O)[C@@H](N)Cc1cnc[nH]1. The standard InChI is InChI=1S/C102H160N8O30/c1-76(111)79(28-20-22-46-105-95(120)73-138-63-59-134-55-49-108-97(122)74-137-62-56-131-50-26-31-83(112)40-34-80(100(127)128)64-84(113)29-18-14-10-6-4-8-12-16-24-52-139-87-41-35-77(36-42-87)98(123)124)66-91(116)90(109-70-93(118)102(2,3)68-92(117)89(103)67-82-69-104-75-110-82)33-21-23-47-106-96(121)72-136-61-57-132-51-27-32-86(115)71-135-60-58-133-54-48-107-94(119)45-39-81(101(129)130)65-85(114)30-19-15-11-7-5-9-13-17-25-53-140-88-43-37-78(38-44-88)99(125)126/h35-38,41-44,69,75,79-81,89-90,109H,4-34,39-40,45-68,70-74,103H2,1-3H3,(H,104,110)(H,105,120)(H,106,121)(H,107,119)(H,108,122)(H,123,124)(H,125,126)(H,127,128)(H,129,130)/t79-,80-,81-,89+,90+/m1/s1. The summed E-state index contributed by atoms with van der Waals surface area (Å²) in [5.74, 6) is -8.42. The quantitative estimate of drug-likeness (QED) is 0.0234. The van der Waals surface area contributed by atoms with Crippen molar-refractivity contribution in [1.82, 2.24) is 36.6 Å². The Bertz CT molecular complexity index is 4040. The van der Waals surface area contributed by atoms with Crippen molar-refractivity contribution in [2.45, 2.75) is 283 Å². The van der Waals surface area contributed by atoms with Crippen molar-refractivity contribution in [2.75, 3.05) is 152 Å². The Hall–Kier alpha value is -10.0. The Morgan fingerprint density at radius 2 is 0.764 bits per heavy atom. The molecule has 0 saturated carbocycles.